The first-order valence-corrected chi connectivity index (χ1v) is 11.2. The number of hydrogen-bond donors (Lipinski definition) is 2. The Balaban J connectivity index is 1.37. The summed E-state index contributed by atoms with van der Waals surface area (Å²) in [6, 6.07) is 8.05. The second kappa shape index (κ2) is 9.24. The maximum absolute atomic E-state index is 6.36. The number of guanidine groups is 1. The number of nitrogens with one attached hydrogen (secondary N) is 2. The van der Waals surface area contributed by atoms with E-state index in [1.807, 2.05) is 19.2 Å². The minimum atomic E-state index is 0.302. The Labute approximate surface area is 175 Å². The van der Waals surface area contributed by atoms with Gasteiger partial charge in [0.15, 0.2) is 17.5 Å². The van der Waals surface area contributed by atoms with Crippen LogP contribution in [-0.4, -0.2) is 55.8 Å². The SMILES string of the molecule is CN=C(NCc1cccc(OC)c1OC1CCCC1)NC1CC(C)N(C2CC2)C1. The van der Waals surface area contributed by atoms with Crippen LogP contribution >= 0.6 is 0 Å². The molecule has 4 rings (SSSR count). The first-order valence-electron chi connectivity index (χ1n) is 11.2. The van der Waals surface area contributed by atoms with Crippen molar-refractivity contribution in [3.05, 3.63) is 23.8 Å². The van der Waals surface area contributed by atoms with Gasteiger partial charge in [0.1, 0.15) is 0 Å². The number of para-hydroxylation sites is 1. The number of nitrogens with zero attached hydrogens (tertiary/aromatic N) is 2. The largest absolute Gasteiger partial charge is 0.493 e. The first-order chi connectivity index (χ1) is 14.2. The third-order valence-corrected chi connectivity index (χ3v) is 6.52. The number of benzene rings is 1. The fraction of sp³-hybridized carbons (Fsp3) is 0.696. The van der Waals surface area contributed by atoms with E-state index in [-0.39, 0.29) is 0 Å². The average Bonchev–Trinajstić information content (AvgIpc) is 3.32. The van der Waals surface area contributed by atoms with E-state index >= 15 is 0 Å². The van der Waals surface area contributed by atoms with Gasteiger partial charge in [0, 0.05) is 43.8 Å². The Morgan fingerprint density at radius 1 is 1.21 bits per heavy atom. The molecular weight excluding hydrogens is 364 g/mol. The van der Waals surface area contributed by atoms with Gasteiger partial charge in [-0.1, -0.05) is 12.1 Å². The van der Waals surface area contributed by atoms with Crippen LogP contribution in [0.1, 0.15) is 57.4 Å². The highest BCUT2D eigenvalue weighted by molar-refractivity contribution is 5.80. The Hall–Kier alpha value is -1.95. The predicted molar refractivity (Wildman–Crippen MR) is 117 cm³/mol. The molecule has 6 heteroatoms. The van der Waals surface area contributed by atoms with Gasteiger partial charge < -0.3 is 20.1 Å². The van der Waals surface area contributed by atoms with Crippen LogP contribution in [0.5, 0.6) is 11.5 Å². The smallest absolute Gasteiger partial charge is 0.191 e. The highest BCUT2D eigenvalue weighted by atomic mass is 16.5. The molecule has 1 heterocycles. The number of rotatable bonds is 7. The molecule has 2 saturated carbocycles. The number of hydrogen-bond acceptors (Lipinski definition) is 4. The lowest BCUT2D eigenvalue weighted by atomic mass is 10.1. The number of methoxy groups -OCH3 is 1. The van der Waals surface area contributed by atoms with Crippen molar-refractivity contribution in [1.82, 2.24) is 15.5 Å². The van der Waals surface area contributed by atoms with Gasteiger partial charge in [-0.3, -0.25) is 9.89 Å². The van der Waals surface area contributed by atoms with E-state index in [4.69, 9.17) is 9.47 Å². The number of aliphatic imine (C=N–C) groups is 1. The molecule has 0 spiro atoms. The molecule has 0 aromatic heterocycles. The van der Waals surface area contributed by atoms with Gasteiger partial charge in [0.2, 0.25) is 0 Å². The zero-order chi connectivity index (χ0) is 20.2. The maximum Gasteiger partial charge on any atom is 0.191 e. The molecule has 2 atom stereocenters. The molecule has 0 bridgehead atoms. The Bertz CT molecular complexity index is 713. The van der Waals surface area contributed by atoms with E-state index in [1.165, 1.54) is 32.1 Å². The minimum absolute atomic E-state index is 0.302. The van der Waals surface area contributed by atoms with Crippen LogP contribution in [0.4, 0.5) is 0 Å². The third kappa shape index (κ3) is 4.97. The van der Waals surface area contributed by atoms with Crippen molar-refractivity contribution < 1.29 is 9.47 Å². The van der Waals surface area contributed by atoms with Crippen LogP contribution in [0, 0.1) is 0 Å². The van der Waals surface area contributed by atoms with Crippen LogP contribution in [0.3, 0.4) is 0 Å². The van der Waals surface area contributed by atoms with Gasteiger partial charge >= 0.3 is 0 Å². The summed E-state index contributed by atoms with van der Waals surface area (Å²) in [4.78, 5) is 7.11. The molecule has 2 N–H and O–H groups in total. The molecule has 29 heavy (non-hydrogen) atoms. The highest BCUT2D eigenvalue weighted by Gasteiger charge is 2.38. The van der Waals surface area contributed by atoms with Crippen molar-refractivity contribution in [1.29, 1.82) is 0 Å². The fourth-order valence-electron chi connectivity index (χ4n) is 4.81. The van der Waals surface area contributed by atoms with E-state index in [0.29, 0.717) is 24.7 Å². The summed E-state index contributed by atoms with van der Waals surface area (Å²) in [5, 5.41) is 7.11. The van der Waals surface area contributed by atoms with Crippen LogP contribution in [-0.2, 0) is 6.54 Å². The number of likely N-dealkylation sites (tertiary alicyclic amines) is 1. The van der Waals surface area contributed by atoms with Gasteiger partial charge in [-0.2, -0.15) is 0 Å². The molecule has 1 saturated heterocycles. The van der Waals surface area contributed by atoms with E-state index in [1.54, 1.807) is 7.11 Å². The molecule has 1 aliphatic heterocycles. The lowest BCUT2D eigenvalue weighted by Gasteiger charge is -2.21. The van der Waals surface area contributed by atoms with Crippen molar-refractivity contribution in [3.8, 4) is 11.5 Å². The molecule has 1 aromatic carbocycles. The van der Waals surface area contributed by atoms with Crippen LogP contribution in [0.25, 0.3) is 0 Å². The van der Waals surface area contributed by atoms with E-state index in [0.717, 1.165) is 48.5 Å². The van der Waals surface area contributed by atoms with Crippen molar-refractivity contribution in [2.75, 3.05) is 20.7 Å². The number of ether oxygens (including phenoxy) is 2. The zero-order valence-electron chi connectivity index (χ0n) is 18.1. The molecule has 2 unspecified atom stereocenters. The molecule has 6 nitrogen and oxygen atoms in total. The Morgan fingerprint density at radius 3 is 2.69 bits per heavy atom. The molecule has 3 aliphatic rings. The van der Waals surface area contributed by atoms with Crippen molar-refractivity contribution in [3.63, 3.8) is 0 Å². The normalized spacial score (nSPS) is 26.0. The Morgan fingerprint density at radius 2 is 2.00 bits per heavy atom. The van der Waals surface area contributed by atoms with E-state index in [2.05, 4.69) is 33.5 Å². The predicted octanol–water partition coefficient (Wildman–Crippen LogP) is 3.31. The lowest BCUT2D eigenvalue weighted by molar-refractivity contribution is 0.198. The summed E-state index contributed by atoms with van der Waals surface area (Å²) in [5.74, 6) is 2.54. The molecule has 2 aliphatic carbocycles. The van der Waals surface area contributed by atoms with Crippen LogP contribution in [0.15, 0.2) is 23.2 Å². The van der Waals surface area contributed by atoms with Gasteiger partial charge in [-0.15, -0.1) is 0 Å². The molecular formula is C23H36N4O2. The Kier molecular flexibility index (Phi) is 6.48. The monoisotopic (exact) mass is 400 g/mol. The van der Waals surface area contributed by atoms with Crippen LogP contribution < -0.4 is 20.1 Å². The minimum Gasteiger partial charge on any atom is -0.493 e. The summed E-state index contributed by atoms with van der Waals surface area (Å²) < 4.78 is 11.9. The lowest BCUT2D eigenvalue weighted by Crippen LogP contribution is -2.44. The van der Waals surface area contributed by atoms with Crippen molar-refractivity contribution in [2.45, 2.75) is 82.6 Å². The molecule has 3 fully saturated rings. The summed E-state index contributed by atoms with van der Waals surface area (Å²) in [6.45, 7) is 4.12. The van der Waals surface area contributed by atoms with E-state index < -0.39 is 0 Å². The maximum atomic E-state index is 6.36. The molecule has 1 aromatic rings. The molecule has 0 amide bonds. The van der Waals surface area contributed by atoms with Gasteiger partial charge in [0.05, 0.1) is 13.2 Å². The van der Waals surface area contributed by atoms with Gasteiger partial charge in [0.25, 0.3) is 0 Å². The first kappa shape index (κ1) is 20.3. The summed E-state index contributed by atoms with van der Waals surface area (Å²) in [7, 11) is 3.55. The quantitative estimate of drug-likeness (QED) is 0.543. The van der Waals surface area contributed by atoms with Crippen molar-refractivity contribution >= 4 is 5.96 Å². The zero-order valence-corrected chi connectivity index (χ0v) is 18.1. The third-order valence-electron chi connectivity index (χ3n) is 6.52. The summed E-state index contributed by atoms with van der Waals surface area (Å²) in [5.41, 5.74) is 1.11. The van der Waals surface area contributed by atoms with Gasteiger partial charge in [-0.05, 0) is 57.9 Å². The molecule has 0 radical (unpaired) electrons. The second-order valence-electron chi connectivity index (χ2n) is 8.75. The molecule has 160 valence electrons. The van der Waals surface area contributed by atoms with E-state index in [9.17, 15) is 0 Å². The van der Waals surface area contributed by atoms with Crippen molar-refractivity contribution in [2.24, 2.45) is 4.99 Å². The average molecular weight is 401 g/mol. The second-order valence-corrected chi connectivity index (χ2v) is 8.75. The summed E-state index contributed by atoms with van der Waals surface area (Å²) >= 11 is 0. The standard InChI is InChI=1S/C23H36N4O2/c1-16-13-18(15-27(16)19-11-12-19)26-23(24-2)25-14-17-7-6-10-21(28-3)22(17)29-20-8-4-5-9-20/h6-7,10,16,18-20H,4-5,8-9,11-15H2,1-3H3,(H2,24,25,26). The fourth-order valence-corrected chi connectivity index (χ4v) is 4.81. The highest BCUT2D eigenvalue weighted by Crippen LogP contribution is 2.35. The topological polar surface area (TPSA) is 58.1 Å². The summed E-state index contributed by atoms with van der Waals surface area (Å²) in [6.07, 6.45) is 8.97. The van der Waals surface area contributed by atoms with Crippen LogP contribution in [0.2, 0.25) is 0 Å². The van der Waals surface area contributed by atoms with Gasteiger partial charge in [-0.25, -0.2) is 0 Å².